The minimum atomic E-state index is -4.25. The quantitative estimate of drug-likeness (QED) is 0.0195. The molecular formula is C104H147BrClN19O17S3. The van der Waals surface area contributed by atoms with Crippen molar-refractivity contribution in [2.75, 3.05) is 132 Å². The van der Waals surface area contributed by atoms with E-state index < -0.39 is 60.0 Å². The molecule has 4 saturated carbocycles. The predicted molar refractivity (Wildman–Crippen MR) is 561 cm³/mol. The monoisotopic (exact) mass is 2140 g/mol. The molecule has 4 aliphatic carbocycles. The topological polar surface area (TPSA) is 460 Å². The second kappa shape index (κ2) is 46.3. The summed E-state index contributed by atoms with van der Waals surface area (Å²) >= 11 is 9.33. The molecule has 9 N–H and O–H groups in total. The van der Waals surface area contributed by atoms with Crippen LogP contribution in [-0.2, 0) is 63.5 Å². The normalized spacial score (nSPS) is 25.5. The second-order valence-corrected chi connectivity index (χ2v) is 51.2. The van der Waals surface area contributed by atoms with Gasteiger partial charge in [-0.05, 0) is 327 Å². The Morgan fingerprint density at radius 1 is 0.386 bits per heavy atom. The van der Waals surface area contributed by atoms with Crippen LogP contribution in [0.5, 0.6) is 0 Å². The summed E-state index contributed by atoms with van der Waals surface area (Å²) in [6.07, 6.45) is 29.3. The highest BCUT2D eigenvalue weighted by molar-refractivity contribution is 9.10. The number of rotatable bonds is 20. The summed E-state index contributed by atoms with van der Waals surface area (Å²) in [6, 6.07) is 23.4. The van der Waals surface area contributed by atoms with Crippen molar-refractivity contribution in [3.8, 4) is 0 Å². The lowest BCUT2D eigenvalue weighted by Crippen LogP contribution is -2.41. The zero-order valence-corrected chi connectivity index (χ0v) is 90.3. The Morgan fingerprint density at radius 2 is 0.717 bits per heavy atom. The Balaban J connectivity index is 0.000000144. The van der Waals surface area contributed by atoms with Crippen LogP contribution in [-0.4, -0.2) is 233 Å². The van der Waals surface area contributed by atoms with Gasteiger partial charge in [0.15, 0.2) is 15.1 Å². The summed E-state index contributed by atoms with van der Waals surface area (Å²) in [5, 5.41) is 23.1. The van der Waals surface area contributed by atoms with Crippen LogP contribution >= 0.6 is 27.5 Å². The van der Waals surface area contributed by atoms with Gasteiger partial charge in [-0.15, -0.1) is 0 Å². The SMILES string of the molecule is CC1(C)C[C@@H]2CCCNc3cccc(n3)S(=O)(=O)NC(=O)c3ccc(Cl)nc3N1C2.CC1(CCCO)CC1.CC1(CCCOC2CCN(c3ccc4c(n3)N3C[C@@H](CCCNc5cccc(n5)S(=O)(=O)NC4=O)CC3(C)C)C2=O)CC1.CC1(CCCOC2CCN(c3ccc4c(n3)N3C[C@@H](CCCNc5cccc(n5)S(=O)(=O)NC4=O)CC3(C)C)C2=O)CC1.CC1(CCCOC2CCNC2=O)CC1.O=C1NCCC1Br. The average Bonchev–Trinajstić information content (AvgIpc) is 1.63. The molecule has 7 amide bonds. The van der Waals surface area contributed by atoms with E-state index in [9.17, 15) is 58.8 Å². The second-order valence-electron chi connectivity index (χ2n) is 44.8. The number of alkyl halides is 1. The molecule has 16 heterocycles. The van der Waals surface area contributed by atoms with Crippen molar-refractivity contribution < 1.29 is 78.1 Å². The predicted octanol–water partition coefficient (Wildman–Crippen LogP) is 14.6. The van der Waals surface area contributed by atoms with Gasteiger partial charge in [0.1, 0.15) is 70.0 Å². The molecule has 4 unspecified atom stereocenters. The van der Waals surface area contributed by atoms with Crippen LogP contribution in [0.2, 0.25) is 5.15 Å². The van der Waals surface area contributed by atoms with E-state index in [1.165, 1.54) is 94.5 Å². The lowest BCUT2D eigenvalue weighted by Gasteiger charge is -2.34. The number of aromatic nitrogens is 6. The Hall–Kier alpha value is -9.55. The van der Waals surface area contributed by atoms with Gasteiger partial charge >= 0.3 is 0 Å². The minimum Gasteiger partial charge on any atom is -0.396 e. The number of aliphatic hydroxyl groups is 1. The molecule has 11 fully saturated rings. The first-order valence-corrected chi connectivity index (χ1v) is 57.7. The van der Waals surface area contributed by atoms with Crippen molar-refractivity contribution in [1.82, 2.24) is 54.7 Å². The molecule has 41 heteroatoms. The van der Waals surface area contributed by atoms with Crippen LogP contribution in [0.15, 0.2) is 106 Å². The van der Waals surface area contributed by atoms with Crippen LogP contribution in [0.25, 0.3) is 0 Å². The molecule has 0 radical (unpaired) electrons. The first kappa shape index (κ1) is 110. The Bertz CT molecular complexity index is 5800. The summed E-state index contributed by atoms with van der Waals surface area (Å²) in [5.74, 6) is 2.10. The number of fused-ring (bicyclic) bond motifs is 18. The van der Waals surface area contributed by atoms with E-state index in [1.54, 1.807) is 70.5 Å². The maximum Gasteiger partial charge on any atom is 0.281 e. The molecule has 6 aromatic heterocycles. The summed E-state index contributed by atoms with van der Waals surface area (Å²) in [5.41, 5.74) is 1.70. The zero-order valence-electron chi connectivity index (χ0n) is 85.5. The van der Waals surface area contributed by atoms with Crippen LogP contribution in [0, 0.1) is 39.4 Å². The van der Waals surface area contributed by atoms with Gasteiger partial charge in [-0.1, -0.05) is 73.4 Å². The highest BCUT2D eigenvalue weighted by Gasteiger charge is 2.48. The molecule has 792 valence electrons. The first-order valence-electron chi connectivity index (χ1n) is 51.9. The zero-order chi connectivity index (χ0) is 104. The smallest absolute Gasteiger partial charge is 0.281 e. The Morgan fingerprint density at radius 3 is 1.03 bits per heavy atom. The molecule has 12 bridgehead atoms. The van der Waals surface area contributed by atoms with E-state index in [2.05, 4.69) is 161 Å². The largest absolute Gasteiger partial charge is 0.396 e. The Labute approximate surface area is 867 Å². The number of halogens is 2. The Kier molecular flexibility index (Phi) is 35.0. The molecule has 7 saturated heterocycles. The van der Waals surface area contributed by atoms with Gasteiger partial charge in [0.25, 0.3) is 59.6 Å². The van der Waals surface area contributed by atoms with E-state index in [0.717, 1.165) is 135 Å². The standard InChI is InChI=1S/2C31H42N6O5S.C20H24ClN5O3S.C11H19NO2.C7H14O.C4H6BrNO/c2*1-30(2)19-21-7-5-16-32-24-8-4-9-26(33-24)43(40,41)35-28(38)22-10-11-25(34-27(22)37(30)20-21)36-17-12-23(29(36)39)42-18-6-13-31(3)14-15-31;1-20(2)11-13-5-4-10-22-16-6-3-7-17(24-16)30(28,29)25-19(27)14-8-9-15(21)23-18(14)26(20)12-13;1-11(5-6-11)4-2-8-14-9-3-7-12-10(9)13;1-7(4-5-7)3-2-6-8;5-3-1-2-6-4(3)7/h2*4,8-11,21,23H,5-7,12-20H2,1-3H3,(H,32,33)(H,35,38);3,6-9,13H,4-5,10-12H2,1-2H3,(H,22,24)(H,25,27);9H,2-8H2,1H3,(H,12,13);8H,2-6H2,1H3;3H,1-2H2,(H,6,7)/t2*21-,23?;13-;;;/m000.../s1. The van der Waals surface area contributed by atoms with Gasteiger partial charge in [-0.2, -0.15) is 25.3 Å². The van der Waals surface area contributed by atoms with Crippen LogP contribution in [0.1, 0.15) is 287 Å². The lowest BCUT2D eigenvalue weighted by molar-refractivity contribution is -0.129. The van der Waals surface area contributed by atoms with Crippen molar-refractivity contribution >= 4 is 145 Å². The van der Waals surface area contributed by atoms with E-state index >= 15 is 0 Å². The number of hydrogen-bond donors (Lipinski definition) is 9. The first-order chi connectivity index (χ1) is 68.8. The number of sulfonamides is 3. The number of nitrogens with one attached hydrogen (secondary N) is 8. The van der Waals surface area contributed by atoms with Crippen molar-refractivity contribution in [2.45, 2.75) is 310 Å². The fourth-order valence-corrected chi connectivity index (χ4v) is 24.3. The number of aliphatic hydroxyl groups excluding tert-OH is 1. The maximum absolute atomic E-state index is 13.6. The van der Waals surface area contributed by atoms with Gasteiger partial charge in [0.2, 0.25) is 11.8 Å². The van der Waals surface area contributed by atoms with Crippen LogP contribution in [0.4, 0.5) is 46.5 Å². The number of pyridine rings is 6. The molecule has 20 rings (SSSR count). The van der Waals surface area contributed by atoms with Gasteiger partial charge in [0, 0.05) is 121 Å². The van der Waals surface area contributed by atoms with E-state index in [-0.39, 0.29) is 88.1 Å². The van der Waals surface area contributed by atoms with Crippen molar-refractivity contribution in [3.05, 3.63) is 113 Å². The highest BCUT2D eigenvalue weighted by atomic mass is 79.9. The summed E-state index contributed by atoms with van der Waals surface area (Å²) in [4.78, 5) is 125. The number of carbonyl (C=O) groups is 7. The van der Waals surface area contributed by atoms with Crippen molar-refractivity contribution in [1.29, 1.82) is 0 Å². The maximum atomic E-state index is 13.6. The van der Waals surface area contributed by atoms with Gasteiger partial charge < -0.3 is 60.6 Å². The summed E-state index contributed by atoms with van der Waals surface area (Å²) in [7, 11) is -12.7. The number of ether oxygens (including phenoxy) is 3. The number of carbonyl (C=O) groups excluding carboxylic acids is 7. The number of anilines is 8. The molecule has 7 atom stereocenters. The fraction of sp³-hybridized carbons (Fsp3) is 0.644. The molecule has 10 aliphatic heterocycles. The van der Waals surface area contributed by atoms with Gasteiger partial charge in [0.05, 0.1) is 21.5 Å². The average molecular weight is 2150 g/mol. The van der Waals surface area contributed by atoms with Gasteiger partial charge in [-0.3, -0.25) is 43.4 Å². The highest BCUT2D eigenvalue weighted by Crippen LogP contribution is 2.52. The summed E-state index contributed by atoms with van der Waals surface area (Å²) < 4.78 is 102. The molecule has 6 aromatic rings. The minimum absolute atomic E-state index is 0.0719. The molecular weight excluding hydrogens is 2000 g/mol. The van der Waals surface area contributed by atoms with E-state index in [1.807, 2.05) is 0 Å². The molecule has 0 spiro atoms. The molecule has 14 aliphatic rings. The van der Waals surface area contributed by atoms with Gasteiger partial charge in [-0.25, -0.2) is 44.1 Å². The molecule has 36 nitrogen and oxygen atoms in total. The fourth-order valence-electron chi connectivity index (χ4n) is 21.0. The number of nitrogens with zero attached hydrogens (tertiary/aromatic N) is 11. The van der Waals surface area contributed by atoms with E-state index in [4.69, 9.17) is 40.9 Å². The summed E-state index contributed by atoms with van der Waals surface area (Å²) in [6.45, 7) is 30.7. The van der Waals surface area contributed by atoms with Crippen LogP contribution in [0.3, 0.4) is 0 Å². The van der Waals surface area contributed by atoms with E-state index in [0.29, 0.717) is 164 Å². The third kappa shape index (κ3) is 28.9. The number of hydrogen-bond acceptors (Lipinski definition) is 29. The van der Waals surface area contributed by atoms with Crippen molar-refractivity contribution in [2.24, 2.45) is 39.4 Å². The van der Waals surface area contributed by atoms with Crippen molar-refractivity contribution in [3.63, 3.8) is 0 Å². The van der Waals surface area contributed by atoms with Crippen LogP contribution < -0.4 is 65.2 Å². The lowest BCUT2D eigenvalue weighted by atomic mass is 9.93. The third-order valence-electron chi connectivity index (χ3n) is 30.8. The molecule has 0 aromatic carbocycles. The molecule has 145 heavy (non-hydrogen) atoms. The third-order valence-corrected chi connectivity index (χ3v) is 35.6. The number of amides is 7.